The summed E-state index contributed by atoms with van der Waals surface area (Å²) in [6.45, 7) is 13.3. The Labute approximate surface area is 399 Å². The summed E-state index contributed by atoms with van der Waals surface area (Å²) >= 11 is 0. The standard InChI is InChI=1S/C53H56N10O6/c1-30-23-34(5-6-35(30)26-54-48(66)49-56-52(59-69-49)53(2,3)4)46-42-24-33(9-16-43(42)57-58-46)32-7-10-36(11-8-32)61-21-19-31(20-22-61)27-60-28-38-12-13-39(29-60)62(38)37-14-15-40-41(25-37)51(68)63(50(40)67)44-17-18-45(64)55-47(44)65/h5-11,14-16,23-25,31,38-39,44H,12-13,17-22,26-29H2,1-4H3,(H,54,66)(H,57,58)(H,55,64,65). The molecule has 0 aliphatic carbocycles. The number of piperidine rings is 2. The quantitative estimate of drug-likeness (QED) is 0.122. The second kappa shape index (κ2) is 17.4. The Bertz CT molecular complexity index is 3020. The van der Waals surface area contributed by atoms with Gasteiger partial charge in [0.05, 0.1) is 22.3 Å². The van der Waals surface area contributed by atoms with Crippen LogP contribution in [-0.2, 0) is 21.5 Å². The molecule has 3 N–H and O–H groups in total. The molecule has 5 aliphatic heterocycles. The molecule has 4 saturated heterocycles. The molecule has 6 aromatic rings. The number of H-pyrrole nitrogens is 1. The number of aromatic amines is 1. The van der Waals surface area contributed by atoms with Gasteiger partial charge in [0.15, 0.2) is 5.82 Å². The van der Waals surface area contributed by atoms with E-state index in [2.05, 4.69) is 89.1 Å². The molecule has 5 amide bonds. The van der Waals surface area contributed by atoms with Gasteiger partial charge >= 0.3 is 11.8 Å². The highest BCUT2D eigenvalue weighted by molar-refractivity contribution is 6.23. The molecule has 3 atom stereocenters. The minimum Gasteiger partial charge on any atom is -0.372 e. The largest absolute Gasteiger partial charge is 0.372 e. The Hall–Kier alpha value is -7.20. The Balaban J connectivity index is 0.683. The van der Waals surface area contributed by atoms with Gasteiger partial charge in [0, 0.05) is 85.5 Å². The third kappa shape index (κ3) is 8.34. The lowest BCUT2D eigenvalue weighted by Crippen LogP contribution is -2.55. The maximum absolute atomic E-state index is 13.6. The van der Waals surface area contributed by atoms with Crippen molar-refractivity contribution in [3.8, 4) is 22.4 Å². The zero-order chi connectivity index (χ0) is 47.7. The van der Waals surface area contributed by atoms with Gasteiger partial charge in [0.2, 0.25) is 11.8 Å². The molecule has 2 aromatic heterocycles. The van der Waals surface area contributed by atoms with Crippen molar-refractivity contribution in [3.63, 3.8) is 0 Å². The number of benzene rings is 4. The molecule has 0 saturated carbocycles. The molecule has 0 spiro atoms. The van der Waals surface area contributed by atoms with E-state index < -0.39 is 29.7 Å². The molecule has 16 heteroatoms. The molecule has 2 bridgehead atoms. The number of aryl methyl sites for hydroxylation is 1. The van der Waals surface area contributed by atoms with E-state index in [1.54, 1.807) is 6.07 Å². The average Bonchev–Trinajstić information content (AvgIpc) is 4.12. The van der Waals surface area contributed by atoms with E-state index >= 15 is 0 Å². The van der Waals surface area contributed by atoms with Gasteiger partial charge in [0.1, 0.15) is 6.04 Å². The van der Waals surface area contributed by atoms with Gasteiger partial charge in [-0.2, -0.15) is 10.1 Å². The molecular weight excluding hydrogens is 873 g/mol. The topological polar surface area (TPSA) is 190 Å². The maximum atomic E-state index is 13.6. The fraction of sp³-hybridized carbons (Fsp3) is 0.396. The van der Waals surface area contributed by atoms with Crippen LogP contribution in [0.25, 0.3) is 33.3 Å². The van der Waals surface area contributed by atoms with Crippen molar-refractivity contribution in [2.45, 2.75) is 96.3 Å². The first-order valence-electron chi connectivity index (χ1n) is 24.2. The van der Waals surface area contributed by atoms with Crippen LogP contribution in [0.2, 0.25) is 0 Å². The molecule has 11 rings (SSSR count). The number of anilines is 2. The Morgan fingerprint density at radius 3 is 2.22 bits per heavy atom. The molecule has 3 unspecified atom stereocenters. The zero-order valence-corrected chi connectivity index (χ0v) is 39.4. The van der Waals surface area contributed by atoms with Crippen LogP contribution >= 0.6 is 0 Å². The number of carbonyl (C=O) groups excluding carboxylic acids is 5. The van der Waals surface area contributed by atoms with E-state index in [0.29, 0.717) is 41.5 Å². The van der Waals surface area contributed by atoms with Crippen LogP contribution in [0.15, 0.2) is 83.4 Å². The number of rotatable bonds is 10. The highest BCUT2D eigenvalue weighted by atomic mass is 16.5. The number of nitrogens with zero attached hydrogens (tertiary/aromatic N) is 7. The summed E-state index contributed by atoms with van der Waals surface area (Å²) in [5.74, 6) is -1.25. The first-order valence-corrected chi connectivity index (χ1v) is 24.2. The van der Waals surface area contributed by atoms with Gasteiger partial charge in [-0.05, 0) is 116 Å². The molecule has 5 aliphatic rings. The van der Waals surface area contributed by atoms with Crippen molar-refractivity contribution in [3.05, 3.63) is 113 Å². The predicted octanol–water partition coefficient (Wildman–Crippen LogP) is 6.79. The number of piperazine rings is 1. The first-order chi connectivity index (χ1) is 33.2. The minimum absolute atomic E-state index is 0.0446. The van der Waals surface area contributed by atoms with Crippen LogP contribution in [0.5, 0.6) is 0 Å². The molecular formula is C53H56N10O6. The monoisotopic (exact) mass is 928 g/mol. The second-order valence-corrected chi connectivity index (χ2v) is 20.5. The average molecular weight is 929 g/mol. The third-order valence-corrected chi connectivity index (χ3v) is 14.9. The van der Waals surface area contributed by atoms with Gasteiger partial charge in [-0.1, -0.05) is 56.3 Å². The van der Waals surface area contributed by atoms with Crippen molar-refractivity contribution >= 4 is 51.8 Å². The van der Waals surface area contributed by atoms with Crippen molar-refractivity contribution in [2.24, 2.45) is 5.92 Å². The van der Waals surface area contributed by atoms with Crippen LogP contribution in [0.3, 0.4) is 0 Å². The number of fused-ring (bicyclic) bond motifs is 4. The summed E-state index contributed by atoms with van der Waals surface area (Å²) in [7, 11) is 0. The number of imide groups is 2. The van der Waals surface area contributed by atoms with Gasteiger partial charge in [-0.25, -0.2) is 0 Å². The van der Waals surface area contributed by atoms with E-state index in [1.807, 2.05) is 52.0 Å². The first kappa shape index (κ1) is 44.3. The van der Waals surface area contributed by atoms with E-state index in [1.165, 1.54) is 5.69 Å². The Morgan fingerprint density at radius 2 is 1.51 bits per heavy atom. The highest BCUT2D eigenvalue weighted by Gasteiger charge is 2.46. The van der Waals surface area contributed by atoms with Crippen molar-refractivity contribution in [2.75, 3.05) is 42.5 Å². The summed E-state index contributed by atoms with van der Waals surface area (Å²) in [5, 5.41) is 18.1. The molecule has 7 heterocycles. The summed E-state index contributed by atoms with van der Waals surface area (Å²) in [6.07, 6.45) is 4.68. The van der Waals surface area contributed by atoms with Crippen molar-refractivity contribution in [1.82, 2.24) is 40.8 Å². The lowest BCUT2D eigenvalue weighted by molar-refractivity contribution is -0.136. The summed E-state index contributed by atoms with van der Waals surface area (Å²) in [6, 6.07) is 26.7. The number of hydrogen-bond donors (Lipinski definition) is 3. The van der Waals surface area contributed by atoms with Crippen LogP contribution in [0.1, 0.15) is 108 Å². The second-order valence-electron chi connectivity index (χ2n) is 20.5. The van der Waals surface area contributed by atoms with Gasteiger partial charge in [0.25, 0.3) is 11.8 Å². The SMILES string of the molecule is Cc1cc(-c2n[nH]c3ccc(-c4ccc(N5CCC(CN6CC7CCC(C6)N7c6ccc7c(c6)C(=O)N(C6CCC(=O)NC6=O)C7=O)CC5)cc4)cc23)ccc1CNC(=O)c1nc(C(C)(C)C)no1. The number of amides is 5. The van der Waals surface area contributed by atoms with Crippen molar-refractivity contribution < 1.29 is 28.5 Å². The minimum atomic E-state index is -0.969. The summed E-state index contributed by atoms with van der Waals surface area (Å²) < 4.78 is 5.21. The van der Waals surface area contributed by atoms with Crippen LogP contribution in [0, 0.1) is 12.8 Å². The van der Waals surface area contributed by atoms with E-state index in [9.17, 15) is 24.0 Å². The van der Waals surface area contributed by atoms with Crippen LogP contribution in [-0.4, -0.2) is 111 Å². The Morgan fingerprint density at radius 1 is 0.797 bits per heavy atom. The maximum Gasteiger partial charge on any atom is 0.315 e. The van der Waals surface area contributed by atoms with Crippen LogP contribution < -0.4 is 20.4 Å². The van der Waals surface area contributed by atoms with E-state index in [0.717, 1.165) is 113 Å². The molecule has 4 aromatic carbocycles. The molecule has 4 fully saturated rings. The molecule has 16 nitrogen and oxygen atoms in total. The zero-order valence-electron chi connectivity index (χ0n) is 39.4. The van der Waals surface area contributed by atoms with E-state index in [-0.39, 0.29) is 30.1 Å². The fourth-order valence-electron chi connectivity index (χ4n) is 11.1. The Kier molecular flexibility index (Phi) is 11.2. The predicted molar refractivity (Wildman–Crippen MR) is 260 cm³/mol. The number of carbonyl (C=O) groups is 5. The fourth-order valence-corrected chi connectivity index (χ4v) is 11.1. The number of aromatic nitrogens is 4. The normalized spacial score (nSPS) is 21.1. The van der Waals surface area contributed by atoms with Gasteiger partial charge in [-0.3, -0.25) is 44.2 Å². The lowest BCUT2D eigenvalue weighted by Gasteiger charge is -2.44. The smallest absolute Gasteiger partial charge is 0.315 e. The lowest BCUT2D eigenvalue weighted by atomic mass is 9.94. The molecule has 0 radical (unpaired) electrons. The van der Waals surface area contributed by atoms with E-state index in [4.69, 9.17) is 9.62 Å². The van der Waals surface area contributed by atoms with Gasteiger partial charge in [-0.15, -0.1) is 0 Å². The third-order valence-electron chi connectivity index (χ3n) is 14.9. The van der Waals surface area contributed by atoms with Crippen molar-refractivity contribution in [1.29, 1.82) is 0 Å². The van der Waals surface area contributed by atoms with Crippen LogP contribution in [0.4, 0.5) is 11.4 Å². The number of nitrogens with one attached hydrogen (secondary N) is 3. The molecule has 69 heavy (non-hydrogen) atoms. The summed E-state index contributed by atoms with van der Waals surface area (Å²) in [5.41, 5.74) is 9.62. The molecule has 354 valence electrons. The number of likely N-dealkylation sites (tertiary alicyclic amines) is 1. The number of hydrogen-bond acceptors (Lipinski definition) is 12. The van der Waals surface area contributed by atoms with Gasteiger partial charge < -0.3 is 19.6 Å². The highest BCUT2D eigenvalue weighted by Crippen LogP contribution is 2.39. The summed E-state index contributed by atoms with van der Waals surface area (Å²) in [4.78, 5) is 76.9.